The molecule has 0 spiro atoms. The molecule has 5 nitrogen and oxygen atoms in total. The van der Waals surface area contributed by atoms with E-state index in [1.807, 2.05) is 0 Å². The Morgan fingerprint density at radius 2 is 1.88 bits per heavy atom. The van der Waals surface area contributed by atoms with Crippen molar-refractivity contribution in [2.45, 2.75) is 62.3 Å². The summed E-state index contributed by atoms with van der Waals surface area (Å²) in [4.78, 5) is 28.8. The smallest absolute Gasteiger partial charge is 0.353 e. The molecule has 0 bridgehead atoms. The Hall–Kier alpha value is -1.51. The molecular formula is C15H20F3N3O2S. The summed E-state index contributed by atoms with van der Waals surface area (Å²) in [6.45, 7) is 0. The van der Waals surface area contributed by atoms with E-state index < -0.39 is 17.4 Å². The van der Waals surface area contributed by atoms with Gasteiger partial charge >= 0.3 is 6.18 Å². The highest BCUT2D eigenvalue weighted by Gasteiger charge is 2.33. The number of hydrogen-bond donors (Lipinski definition) is 2. The number of carbonyl (C=O) groups excluding carboxylic acids is 1. The number of nitrogens with zero attached hydrogens (tertiary/aromatic N) is 1. The molecule has 0 aliphatic heterocycles. The molecule has 1 aromatic heterocycles. The first-order chi connectivity index (χ1) is 11.3. The summed E-state index contributed by atoms with van der Waals surface area (Å²) in [5, 5.41) is 2.71. The van der Waals surface area contributed by atoms with Crippen molar-refractivity contribution in [1.82, 2.24) is 15.3 Å². The Kier molecular flexibility index (Phi) is 6.70. The minimum absolute atomic E-state index is 0.0826. The maximum atomic E-state index is 12.6. The SMILES string of the molecule is O=C(CSc1nc(C(F)(F)F)cc(=O)[nH]1)NC1CCCCCCC1. The lowest BCUT2D eigenvalue weighted by atomic mass is 9.97. The predicted molar refractivity (Wildman–Crippen MR) is 84.8 cm³/mol. The van der Waals surface area contributed by atoms with Crippen molar-refractivity contribution in [2.75, 3.05) is 5.75 Å². The number of nitrogens with one attached hydrogen (secondary N) is 2. The number of alkyl halides is 3. The van der Waals surface area contributed by atoms with E-state index in [0.29, 0.717) is 6.07 Å². The number of hydrogen-bond acceptors (Lipinski definition) is 4. The van der Waals surface area contributed by atoms with E-state index >= 15 is 0 Å². The highest BCUT2D eigenvalue weighted by atomic mass is 32.2. The summed E-state index contributed by atoms with van der Waals surface area (Å²) >= 11 is 0.792. The van der Waals surface area contributed by atoms with Crippen LogP contribution in [-0.2, 0) is 11.0 Å². The zero-order valence-electron chi connectivity index (χ0n) is 13.1. The van der Waals surface area contributed by atoms with Gasteiger partial charge in [0.25, 0.3) is 5.56 Å². The number of aromatic nitrogens is 2. The van der Waals surface area contributed by atoms with Gasteiger partial charge < -0.3 is 10.3 Å². The van der Waals surface area contributed by atoms with Crippen LogP contribution in [0.15, 0.2) is 16.0 Å². The Morgan fingerprint density at radius 3 is 2.50 bits per heavy atom. The summed E-state index contributed by atoms with van der Waals surface area (Å²) < 4.78 is 37.9. The second-order valence-corrected chi connectivity index (χ2v) is 6.80. The largest absolute Gasteiger partial charge is 0.433 e. The number of thioether (sulfide) groups is 1. The number of aromatic amines is 1. The van der Waals surface area contributed by atoms with Gasteiger partial charge in [0.15, 0.2) is 10.9 Å². The molecule has 1 amide bonds. The lowest BCUT2D eigenvalue weighted by Gasteiger charge is -2.20. The second kappa shape index (κ2) is 8.55. The van der Waals surface area contributed by atoms with Gasteiger partial charge in [-0.15, -0.1) is 0 Å². The highest BCUT2D eigenvalue weighted by molar-refractivity contribution is 7.99. The molecular weight excluding hydrogens is 343 g/mol. The number of amides is 1. The van der Waals surface area contributed by atoms with E-state index in [1.165, 1.54) is 6.42 Å². The Morgan fingerprint density at radius 1 is 1.25 bits per heavy atom. The van der Waals surface area contributed by atoms with Crippen LogP contribution in [0.5, 0.6) is 0 Å². The van der Waals surface area contributed by atoms with Crippen molar-refractivity contribution in [1.29, 1.82) is 0 Å². The molecule has 0 radical (unpaired) electrons. The van der Waals surface area contributed by atoms with Gasteiger partial charge in [0.2, 0.25) is 5.91 Å². The molecule has 1 saturated carbocycles. The van der Waals surface area contributed by atoms with Crippen molar-refractivity contribution < 1.29 is 18.0 Å². The monoisotopic (exact) mass is 363 g/mol. The van der Waals surface area contributed by atoms with Crippen molar-refractivity contribution in [2.24, 2.45) is 0 Å². The molecule has 2 rings (SSSR count). The third kappa shape index (κ3) is 6.18. The lowest BCUT2D eigenvalue weighted by molar-refractivity contribution is -0.141. The molecule has 1 aromatic rings. The molecule has 1 aliphatic carbocycles. The molecule has 0 atom stereocenters. The van der Waals surface area contributed by atoms with Crippen molar-refractivity contribution in [3.63, 3.8) is 0 Å². The van der Waals surface area contributed by atoms with E-state index in [1.54, 1.807) is 0 Å². The van der Waals surface area contributed by atoms with E-state index in [4.69, 9.17) is 0 Å². The fourth-order valence-electron chi connectivity index (χ4n) is 2.65. The first-order valence-electron chi connectivity index (χ1n) is 7.95. The molecule has 0 unspecified atom stereocenters. The third-order valence-corrected chi connectivity index (χ3v) is 4.69. The summed E-state index contributed by atoms with van der Waals surface area (Å²) in [5.41, 5.74) is -2.14. The van der Waals surface area contributed by atoms with Gasteiger partial charge in [-0.3, -0.25) is 9.59 Å². The molecule has 24 heavy (non-hydrogen) atoms. The van der Waals surface area contributed by atoms with Gasteiger partial charge in [-0.05, 0) is 12.8 Å². The molecule has 1 fully saturated rings. The summed E-state index contributed by atoms with van der Waals surface area (Å²) in [6.07, 6.45) is 2.86. The average molecular weight is 363 g/mol. The van der Waals surface area contributed by atoms with Crippen LogP contribution >= 0.6 is 11.8 Å². The van der Waals surface area contributed by atoms with Crippen molar-refractivity contribution in [3.8, 4) is 0 Å². The molecule has 0 saturated heterocycles. The van der Waals surface area contributed by atoms with E-state index in [9.17, 15) is 22.8 Å². The maximum absolute atomic E-state index is 12.6. The molecule has 1 heterocycles. The van der Waals surface area contributed by atoms with Crippen molar-refractivity contribution >= 4 is 17.7 Å². The van der Waals surface area contributed by atoms with E-state index in [2.05, 4.69) is 15.3 Å². The third-order valence-electron chi connectivity index (χ3n) is 3.82. The first-order valence-corrected chi connectivity index (χ1v) is 8.94. The molecule has 2 N–H and O–H groups in total. The predicted octanol–water partition coefficient (Wildman–Crippen LogP) is 3.11. The van der Waals surface area contributed by atoms with Gasteiger partial charge in [-0.2, -0.15) is 13.2 Å². The van der Waals surface area contributed by atoms with Crippen LogP contribution in [0.2, 0.25) is 0 Å². The van der Waals surface area contributed by atoms with Crippen LogP contribution in [0.3, 0.4) is 0 Å². The van der Waals surface area contributed by atoms with Crippen LogP contribution in [0.25, 0.3) is 0 Å². The summed E-state index contributed by atoms with van der Waals surface area (Å²) in [5.74, 6) is -0.341. The quantitative estimate of drug-likeness (QED) is 0.637. The van der Waals surface area contributed by atoms with Crippen LogP contribution in [0.4, 0.5) is 13.2 Å². The standard InChI is InChI=1S/C15H20F3N3O2S/c16-15(17,18)11-8-12(22)21-14(20-11)24-9-13(23)19-10-6-4-2-1-3-5-7-10/h8,10H,1-7,9H2,(H,19,23)(H,20,21,22). The lowest BCUT2D eigenvalue weighted by Crippen LogP contribution is -2.36. The normalized spacial score (nSPS) is 17.1. The Balaban J connectivity index is 1.89. The van der Waals surface area contributed by atoms with Gasteiger partial charge in [0.05, 0.1) is 5.75 Å². The van der Waals surface area contributed by atoms with Gasteiger partial charge in [0, 0.05) is 12.1 Å². The van der Waals surface area contributed by atoms with Crippen molar-refractivity contribution in [3.05, 3.63) is 22.1 Å². The topological polar surface area (TPSA) is 74.8 Å². The summed E-state index contributed by atoms with van der Waals surface area (Å²) in [7, 11) is 0. The van der Waals surface area contributed by atoms with Gasteiger partial charge in [-0.1, -0.05) is 43.9 Å². The Labute approximate surface area is 141 Å². The highest BCUT2D eigenvalue weighted by Crippen LogP contribution is 2.27. The minimum Gasteiger partial charge on any atom is -0.353 e. The minimum atomic E-state index is -4.69. The second-order valence-electron chi connectivity index (χ2n) is 5.83. The average Bonchev–Trinajstić information content (AvgIpc) is 2.46. The first kappa shape index (κ1) is 18.8. The van der Waals surface area contributed by atoms with Crippen LogP contribution < -0.4 is 10.9 Å². The van der Waals surface area contributed by atoms with Gasteiger partial charge in [0.1, 0.15) is 0 Å². The van der Waals surface area contributed by atoms with E-state index in [-0.39, 0.29) is 22.9 Å². The molecule has 134 valence electrons. The molecule has 0 aromatic carbocycles. The molecule has 1 aliphatic rings. The number of rotatable bonds is 4. The fraction of sp³-hybridized carbons (Fsp3) is 0.667. The summed E-state index contributed by atoms with van der Waals surface area (Å²) in [6, 6.07) is 0.519. The van der Waals surface area contributed by atoms with Gasteiger partial charge in [-0.25, -0.2) is 4.98 Å². The fourth-order valence-corrected chi connectivity index (χ4v) is 3.34. The van der Waals surface area contributed by atoms with Crippen LogP contribution in [0, 0.1) is 0 Å². The van der Waals surface area contributed by atoms with Crippen LogP contribution in [-0.4, -0.2) is 27.7 Å². The maximum Gasteiger partial charge on any atom is 0.433 e. The van der Waals surface area contributed by atoms with E-state index in [0.717, 1.165) is 50.3 Å². The van der Waals surface area contributed by atoms with Crippen LogP contribution in [0.1, 0.15) is 50.6 Å². The number of halogens is 3. The Bertz CT molecular complexity index is 611. The molecule has 9 heteroatoms. The number of carbonyl (C=O) groups is 1. The number of H-pyrrole nitrogens is 1. The zero-order chi connectivity index (χ0) is 17.6. The zero-order valence-corrected chi connectivity index (χ0v) is 13.9.